The van der Waals surface area contributed by atoms with E-state index in [1.54, 1.807) is 13.2 Å². The van der Waals surface area contributed by atoms with E-state index in [-0.39, 0.29) is 11.7 Å². The van der Waals surface area contributed by atoms with E-state index in [0.717, 1.165) is 23.5 Å². The molecule has 0 atom stereocenters. The van der Waals surface area contributed by atoms with Gasteiger partial charge >= 0.3 is 0 Å². The van der Waals surface area contributed by atoms with Crippen LogP contribution in [0.25, 0.3) is 5.69 Å². The molecule has 1 N–H and O–H groups in total. The van der Waals surface area contributed by atoms with Crippen molar-refractivity contribution in [3.63, 3.8) is 0 Å². The van der Waals surface area contributed by atoms with Crippen LogP contribution in [0.3, 0.4) is 0 Å². The molecule has 0 bridgehead atoms. The van der Waals surface area contributed by atoms with Crippen LogP contribution < -0.4 is 10.1 Å². The summed E-state index contributed by atoms with van der Waals surface area (Å²) in [5, 5.41) is 12.5. The van der Waals surface area contributed by atoms with E-state index in [2.05, 4.69) is 58.8 Å². The molecule has 33 heavy (non-hydrogen) atoms. The van der Waals surface area contributed by atoms with Gasteiger partial charge in [-0.05, 0) is 41.8 Å². The highest BCUT2D eigenvalue weighted by Crippen LogP contribution is 2.25. The lowest BCUT2D eigenvalue weighted by Gasteiger charge is -2.11. The fraction of sp³-hybridized carbons (Fsp3) is 0.192. The van der Waals surface area contributed by atoms with E-state index in [9.17, 15) is 4.79 Å². The molecule has 0 fully saturated rings. The molecule has 1 amide bonds. The van der Waals surface area contributed by atoms with E-state index >= 15 is 0 Å². The molecule has 0 spiro atoms. The number of hydrogen-bond acceptors (Lipinski definition) is 5. The van der Waals surface area contributed by atoms with Crippen LogP contribution in [-0.2, 0) is 17.6 Å². The molecule has 0 radical (unpaired) electrons. The lowest BCUT2D eigenvalue weighted by Crippen LogP contribution is -2.14. The van der Waals surface area contributed by atoms with Crippen LogP contribution in [0.2, 0.25) is 0 Å². The first-order chi connectivity index (χ1) is 16.2. The maximum Gasteiger partial charge on any atom is 0.234 e. The average Bonchev–Trinajstić information content (AvgIpc) is 3.25. The zero-order chi connectivity index (χ0) is 23.0. The number of ether oxygens (including phenoxy) is 1. The number of rotatable bonds is 9. The topological polar surface area (TPSA) is 69.0 Å². The number of methoxy groups -OCH3 is 1. The Balaban J connectivity index is 1.54. The summed E-state index contributed by atoms with van der Waals surface area (Å²) in [5.41, 5.74) is 4.10. The summed E-state index contributed by atoms with van der Waals surface area (Å²) in [6, 6.07) is 25.9. The van der Waals surface area contributed by atoms with Gasteiger partial charge in [-0.25, -0.2) is 0 Å². The van der Waals surface area contributed by atoms with Crippen molar-refractivity contribution in [3.05, 3.63) is 95.8 Å². The summed E-state index contributed by atoms with van der Waals surface area (Å²) in [7, 11) is 1.60. The van der Waals surface area contributed by atoms with Gasteiger partial charge in [0, 0.05) is 23.9 Å². The quantitative estimate of drug-likeness (QED) is 0.351. The van der Waals surface area contributed by atoms with Gasteiger partial charge in [-0.2, -0.15) is 0 Å². The van der Waals surface area contributed by atoms with Gasteiger partial charge < -0.3 is 10.1 Å². The summed E-state index contributed by atoms with van der Waals surface area (Å²) < 4.78 is 7.26. The Labute approximate surface area is 198 Å². The lowest BCUT2D eigenvalue weighted by atomic mass is 10.1. The Morgan fingerprint density at radius 1 is 0.970 bits per heavy atom. The Morgan fingerprint density at radius 3 is 2.48 bits per heavy atom. The SMILES string of the molecule is CCc1ccc(-n2c(Cc3ccccc3)nnc2SCC(=O)Nc2cccc(OC)c2)cc1. The van der Waals surface area contributed by atoms with Crippen LogP contribution in [0, 0.1) is 0 Å². The monoisotopic (exact) mass is 458 g/mol. The van der Waals surface area contributed by atoms with Crippen LogP contribution in [0.1, 0.15) is 23.9 Å². The second-order valence-electron chi connectivity index (χ2n) is 7.49. The van der Waals surface area contributed by atoms with Crippen molar-refractivity contribution < 1.29 is 9.53 Å². The standard InChI is InChI=1S/C26H26N4O2S/c1-3-19-12-14-22(15-13-19)30-24(16-20-8-5-4-6-9-20)28-29-26(30)33-18-25(31)27-21-10-7-11-23(17-21)32-2/h4-15,17H,3,16,18H2,1-2H3,(H,27,31). The summed E-state index contributed by atoms with van der Waals surface area (Å²) in [4.78, 5) is 12.6. The maximum atomic E-state index is 12.6. The molecule has 7 heteroatoms. The minimum Gasteiger partial charge on any atom is -0.497 e. The number of hydrogen-bond donors (Lipinski definition) is 1. The molecule has 6 nitrogen and oxygen atoms in total. The number of carbonyl (C=O) groups excluding carboxylic acids is 1. The Kier molecular flexibility index (Phi) is 7.42. The second kappa shape index (κ2) is 10.8. The van der Waals surface area contributed by atoms with Gasteiger partial charge in [0.15, 0.2) is 5.16 Å². The van der Waals surface area contributed by atoms with Gasteiger partial charge in [-0.15, -0.1) is 10.2 Å². The number of aryl methyl sites for hydroxylation is 1. The van der Waals surface area contributed by atoms with E-state index < -0.39 is 0 Å². The van der Waals surface area contributed by atoms with Gasteiger partial charge in [-0.3, -0.25) is 9.36 Å². The fourth-order valence-electron chi connectivity index (χ4n) is 3.45. The minimum absolute atomic E-state index is 0.117. The molecule has 168 valence electrons. The molecule has 4 aromatic rings. The number of benzene rings is 3. The molecule has 0 saturated heterocycles. The van der Waals surface area contributed by atoms with Crippen molar-refractivity contribution in [1.29, 1.82) is 0 Å². The Bertz CT molecular complexity index is 1210. The first-order valence-corrected chi connectivity index (χ1v) is 11.8. The van der Waals surface area contributed by atoms with E-state index in [1.807, 2.05) is 41.0 Å². The summed E-state index contributed by atoms with van der Waals surface area (Å²) in [6.07, 6.45) is 1.63. The lowest BCUT2D eigenvalue weighted by molar-refractivity contribution is -0.113. The van der Waals surface area contributed by atoms with Crippen molar-refractivity contribution in [3.8, 4) is 11.4 Å². The number of aromatic nitrogens is 3. The van der Waals surface area contributed by atoms with Crippen molar-refractivity contribution in [1.82, 2.24) is 14.8 Å². The number of nitrogens with one attached hydrogen (secondary N) is 1. The molecular formula is C26H26N4O2S. The number of thioether (sulfide) groups is 1. The van der Waals surface area contributed by atoms with Crippen LogP contribution in [0.15, 0.2) is 84.0 Å². The van der Waals surface area contributed by atoms with Crippen LogP contribution >= 0.6 is 11.8 Å². The molecule has 0 saturated carbocycles. The fourth-order valence-corrected chi connectivity index (χ4v) is 4.23. The van der Waals surface area contributed by atoms with Crippen molar-refractivity contribution in [2.24, 2.45) is 0 Å². The number of amides is 1. The van der Waals surface area contributed by atoms with Crippen LogP contribution in [-0.4, -0.2) is 33.5 Å². The highest BCUT2D eigenvalue weighted by Gasteiger charge is 2.16. The van der Waals surface area contributed by atoms with Crippen molar-refractivity contribution >= 4 is 23.4 Å². The third-order valence-corrected chi connectivity index (χ3v) is 6.12. The molecule has 1 aromatic heterocycles. The zero-order valence-corrected chi connectivity index (χ0v) is 19.5. The predicted molar refractivity (Wildman–Crippen MR) is 132 cm³/mol. The molecule has 0 aliphatic rings. The van der Waals surface area contributed by atoms with Crippen LogP contribution in [0.5, 0.6) is 5.75 Å². The predicted octanol–water partition coefficient (Wildman–Crippen LogP) is 5.16. The molecule has 3 aromatic carbocycles. The smallest absolute Gasteiger partial charge is 0.234 e. The maximum absolute atomic E-state index is 12.6. The van der Waals surface area contributed by atoms with Gasteiger partial charge in [-0.1, -0.05) is 67.2 Å². The average molecular weight is 459 g/mol. The highest BCUT2D eigenvalue weighted by molar-refractivity contribution is 7.99. The van der Waals surface area contributed by atoms with E-state index in [1.165, 1.54) is 17.3 Å². The third kappa shape index (κ3) is 5.81. The molecule has 1 heterocycles. The number of anilines is 1. The summed E-state index contributed by atoms with van der Waals surface area (Å²) in [6.45, 7) is 2.14. The van der Waals surface area contributed by atoms with E-state index in [4.69, 9.17) is 4.74 Å². The second-order valence-corrected chi connectivity index (χ2v) is 8.43. The first-order valence-electron chi connectivity index (χ1n) is 10.8. The number of carbonyl (C=O) groups is 1. The van der Waals surface area contributed by atoms with Gasteiger partial charge in [0.1, 0.15) is 11.6 Å². The van der Waals surface area contributed by atoms with Crippen molar-refractivity contribution in [2.45, 2.75) is 24.9 Å². The van der Waals surface area contributed by atoms with Crippen molar-refractivity contribution in [2.75, 3.05) is 18.2 Å². The summed E-state index contributed by atoms with van der Waals surface area (Å²) >= 11 is 1.37. The Hall–Kier alpha value is -3.58. The van der Waals surface area contributed by atoms with E-state index in [0.29, 0.717) is 23.0 Å². The molecular weight excluding hydrogens is 432 g/mol. The molecule has 4 rings (SSSR count). The zero-order valence-electron chi connectivity index (χ0n) is 18.7. The largest absolute Gasteiger partial charge is 0.497 e. The Morgan fingerprint density at radius 2 is 1.76 bits per heavy atom. The molecule has 0 aliphatic heterocycles. The van der Waals surface area contributed by atoms with Crippen LogP contribution in [0.4, 0.5) is 5.69 Å². The van der Waals surface area contributed by atoms with Gasteiger partial charge in [0.25, 0.3) is 0 Å². The summed E-state index contributed by atoms with van der Waals surface area (Å²) in [5.74, 6) is 1.63. The number of nitrogens with zero attached hydrogens (tertiary/aromatic N) is 3. The minimum atomic E-state index is -0.117. The highest BCUT2D eigenvalue weighted by atomic mass is 32.2. The molecule has 0 aliphatic carbocycles. The van der Waals surface area contributed by atoms with Gasteiger partial charge in [0.05, 0.1) is 12.9 Å². The van der Waals surface area contributed by atoms with Gasteiger partial charge in [0.2, 0.25) is 5.91 Å². The third-order valence-electron chi connectivity index (χ3n) is 5.19. The molecule has 0 unspecified atom stereocenters. The normalized spacial score (nSPS) is 10.7. The first kappa shape index (κ1) is 22.6.